The van der Waals surface area contributed by atoms with E-state index in [2.05, 4.69) is 0 Å². The number of allylic oxidation sites excluding steroid dienone is 1. The van der Waals surface area contributed by atoms with Crippen LogP contribution < -0.4 is 0 Å². The maximum Gasteiger partial charge on any atom is 0.236 e. The van der Waals surface area contributed by atoms with E-state index in [1.165, 1.54) is 4.90 Å². The van der Waals surface area contributed by atoms with Crippen LogP contribution in [0.3, 0.4) is 0 Å². The van der Waals surface area contributed by atoms with Gasteiger partial charge in [-0.3, -0.25) is 14.5 Å². The van der Waals surface area contributed by atoms with E-state index in [9.17, 15) is 14.7 Å². The molecule has 0 aromatic heterocycles. The van der Waals surface area contributed by atoms with E-state index < -0.39 is 11.5 Å². The van der Waals surface area contributed by atoms with Crippen molar-refractivity contribution in [3.8, 4) is 0 Å². The van der Waals surface area contributed by atoms with Gasteiger partial charge in [0, 0.05) is 0 Å². The smallest absolute Gasteiger partial charge is 0.236 e. The Morgan fingerprint density at radius 3 is 2.57 bits per heavy atom. The van der Waals surface area contributed by atoms with E-state index >= 15 is 0 Å². The fourth-order valence-electron chi connectivity index (χ4n) is 4.06. The molecule has 2 bridgehead atoms. The second-order valence-electron chi connectivity index (χ2n) is 6.30. The molecule has 5 rings (SSSR count). The molecule has 2 amide bonds. The van der Waals surface area contributed by atoms with E-state index in [0.29, 0.717) is 13.0 Å². The van der Waals surface area contributed by atoms with Gasteiger partial charge in [0.1, 0.15) is 0 Å². The number of benzene rings is 1. The molecule has 0 radical (unpaired) electrons. The summed E-state index contributed by atoms with van der Waals surface area (Å²) < 4.78 is 0. The molecule has 1 saturated heterocycles. The van der Waals surface area contributed by atoms with E-state index in [-0.39, 0.29) is 23.7 Å². The van der Waals surface area contributed by atoms with Crippen LogP contribution in [0.15, 0.2) is 42.5 Å². The minimum absolute atomic E-state index is 0.0984. The summed E-state index contributed by atoms with van der Waals surface area (Å²) in [5.41, 5.74) is -0.192. The highest BCUT2D eigenvalue weighted by Crippen LogP contribution is 2.51. The van der Waals surface area contributed by atoms with Crippen LogP contribution in [0.5, 0.6) is 0 Å². The second-order valence-corrected chi connectivity index (χ2v) is 6.30. The molecule has 4 atom stereocenters. The number of hydrogen-bond acceptors (Lipinski definition) is 3. The molecule has 1 aromatic carbocycles. The maximum absolute atomic E-state index is 12.7. The summed E-state index contributed by atoms with van der Waals surface area (Å²) >= 11 is 0. The van der Waals surface area contributed by atoms with Gasteiger partial charge in [0.25, 0.3) is 0 Å². The molecular weight excluding hydrogens is 266 g/mol. The Labute approximate surface area is 123 Å². The van der Waals surface area contributed by atoms with Crippen molar-refractivity contribution in [1.82, 2.24) is 4.90 Å². The van der Waals surface area contributed by atoms with Crippen LogP contribution in [-0.2, 0) is 16.1 Å². The number of fused-ring (bicyclic) bond motifs is 1. The van der Waals surface area contributed by atoms with Gasteiger partial charge in [-0.2, -0.15) is 0 Å². The highest BCUT2D eigenvalue weighted by atomic mass is 16.3. The average molecular weight is 283 g/mol. The molecule has 4 heteroatoms. The zero-order valence-corrected chi connectivity index (χ0v) is 11.6. The summed E-state index contributed by atoms with van der Waals surface area (Å²) in [5, 5.41) is 10.7. The van der Waals surface area contributed by atoms with Crippen molar-refractivity contribution in [2.75, 3.05) is 0 Å². The Morgan fingerprint density at radius 1 is 1.19 bits per heavy atom. The van der Waals surface area contributed by atoms with Crippen molar-refractivity contribution < 1.29 is 14.7 Å². The third-order valence-corrected chi connectivity index (χ3v) is 5.14. The lowest BCUT2D eigenvalue weighted by Gasteiger charge is -2.44. The van der Waals surface area contributed by atoms with Crippen LogP contribution in [0.2, 0.25) is 0 Å². The van der Waals surface area contributed by atoms with Gasteiger partial charge in [-0.15, -0.1) is 0 Å². The first-order valence-electron chi connectivity index (χ1n) is 7.41. The highest BCUT2D eigenvalue weighted by molar-refractivity contribution is 6.06. The van der Waals surface area contributed by atoms with Crippen molar-refractivity contribution in [3.05, 3.63) is 48.0 Å². The maximum atomic E-state index is 12.7. The van der Waals surface area contributed by atoms with Crippen LogP contribution in [0.4, 0.5) is 0 Å². The van der Waals surface area contributed by atoms with Crippen molar-refractivity contribution >= 4 is 11.8 Å². The molecule has 3 aliphatic carbocycles. The van der Waals surface area contributed by atoms with E-state index in [1.54, 1.807) is 6.08 Å². The van der Waals surface area contributed by atoms with Gasteiger partial charge in [0.15, 0.2) is 0 Å². The summed E-state index contributed by atoms with van der Waals surface area (Å²) in [6, 6.07) is 9.51. The number of carbonyl (C=O) groups is 2. The molecule has 2 fully saturated rings. The molecule has 1 N–H and O–H groups in total. The van der Waals surface area contributed by atoms with Gasteiger partial charge >= 0.3 is 0 Å². The third kappa shape index (κ3) is 1.72. The minimum atomic E-state index is -1.13. The average Bonchev–Trinajstić information content (AvgIpc) is 2.76. The van der Waals surface area contributed by atoms with Gasteiger partial charge < -0.3 is 5.11 Å². The lowest BCUT2D eigenvalue weighted by atomic mass is 9.61. The topological polar surface area (TPSA) is 57.6 Å². The third-order valence-electron chi connectivity index (χ3n) is 5.14. The van der Waals surface area contributed by atoms with Gasteiger partial charge in [-0.05, 0) is 24.3 Å². The first-order chi connectivity index (χ1) is 10.1. The summed E-state index contributed by atoms with van der Waals surface area (Å²) in [6.07, 6.45) is 5.02. The Bertz CT molecular complexity index is 639. The summed E-state index contributed by atoms with van der Waals surface area (Å²) in [7, 11) is 0. The zero-order valence-electron chi connectivity index (χ0n) is 11.6. The predicted octanol–water partition coefficient (Wildman–Crippen LogP) is 1.50. The Hall–Kier alpha value is -1.94. The van der Waals surface area contributed by atoms with Crippen LogP contribution in [-0.4, -0.2) is 27.4 Å². The van der Waals surface area contributed by atoms with Gasteiger partial charge in [-0.1, -0.05) is 42.5 Å². The van der Waals surface area contributed by atoms with Crippen molar-refractivity contribution in [2.45, 2.75) is 25.0 Å². The van der Waals surface area contributed by atoms with Gasteiger partial charge in [0.2, 0.25) is 11.8 Å². The first-order valence-corrected chi connectivity index (χ1v) is 7.41. The molecule has 4 nitrogen and oxygen atoms in total. The number of hydrogen-bond donors (Lipinski definition) is 1. The molecule has 1 aromatic rings. The lowest BCUT2D eigenvalue weighted by Crippen LogP contribution is -2.51. The van der Waals surface area contributed by atoms with Crippen LogP contribution >= 0.6 is 0 Å². The van der Waals surface area contributed by atoms with Crippen molar-refractivity contribution in [3.63, 3.8) is 0 Å². The molecule has 4 aliphatic rings. The van der Waals surface area contributed by atoms with Gasteiger partial charge in [0.05, 0.1) is 24.0 Å². The molecule has 0 spiro atoms. The lowest BCUT2D eigenvalue weighted by molar-refractivity contribution is -0.142. The number of rotatable bonds is 2. The number of imide groups is 1. The normalized spacial score (nSPS) is 37.2. The summed E-state index contributed by atoms with van der Waals surface area (Å²) in [5.74, 6) is -1.20. The second kappa shape index (κ2) is 4.28. The zero-order chi connectivity index (χ0) is 14.6. The first kappa shape index (κ1) is 12.8. The Kier molecular flexibility index (Phi) is 2.60. The van der Waals surface area contributed by atoms with Crippen LogP contribution in [0.1, 0.15) is 18.4 Å². The number of amides is 2. The van der Waals surface area contributed by atoms with Crippen LogP contribution in [0.25, 0.3) is 0 Å². The van der Waals surface area contributed by atoms with Gasteiger partial charge in [-0.25, -0.2) is 0 Å². The SMILES string of the molecule is O=C1[C@H]2[C@H]3C=C[C@](O)(CC3)[C@H]2C(=O)N1Cc1ccccc1. The number of likely N-dealkylation sites (tertiary alicyclic amines) is 1. The highest BCUT2D eigenvalue weighted by Gasteiger charge is 2.62. The fourth-order valence-corrected chi connectivity index (χ4v) is 4.06. The molecule has 0 unspecified atom stereocenters. The number of aliphatic hydroxyl groups is 1. The standard InChI is InChI=1S/C17H17NO3/c19-15-13-12-6-8-17(21,9-7-12)14(13)16(20)18(15)10-11-4-2-1-3-5-11/h1-6,8,12-14,21H,7,9-10H2/t12-,13-,14+,17-/m0/s1. The summed E-state index contributed by atoms with van der Waals surface area (Å²) in [4.78, 5) is 26.6. The molecule has 21 heavy (non-hydrogen) atoms. The monoisotopic (exact) mass is 283 g/mol. The van der Waals surface area contributed by atoms with Crippen molar-refractivity contribution in [1.29, 1.82) is 0 Å². The molecule has 108 valence electrons. The summed E-state index contributed by atoms with van der Waals surface area (Å²) in [6.45, 7) is 0.300. The Morgan fingerprint density at radius 2 is 1.95 bits per heavy atom. The van der Waals surface area contributed by atoms with Crippen LogP contribution in [0, 0.1) is 17.8 Å². The van der Waals surface area contributed by atoms with E-state index in [4.69, 9.17) is 0 Å². The Balaban J connectivity index is 1.68. The number of carbonyl (C=O) groups excluding carboxylic acids is 2. The van der Waals surface area contributed by atoms with E-state index in [0.717, 1.165) is 12.0 Å². The number of nitrogens with zero attached hydrogens (tertiary/aromatic N) is 1. The fraction of sp³-hybridized carbons (Fsp3) is 0.412. The van der Waals surface area contributed by atoms with E-state index in [1.807, 2.05) is 36.4 Å². The molecule has 1 aliphatic heterocycles. The van der Waals surface area contributed by atoms with Crippen molar-refractivity contribution in [2.24, 2.45) is 17.8 Å². The quantitative estimate of drug-likeness (QED) is 0.661. The molecule has 1 saturated carbocycles. The predicted molar refractivity (Wildman–Crippen MR) is 75.8 cm³/mol. The largest absolute Gasteiger partial charge is 0.385 e. The molecular formula is C17H17NO3. The minimum Gasteiger partial charge on any atom is -0.385 e. The molecule has 1 heterocycles.